The lowest BCUT2D eigenvalue weighted by Gasteiger charge is -2.23. The molecule has 0 aliphatic carbocycles. The van der Waals surface area contributed by atoms with E-state index in [0.717, 1.165) is 19.6 Å². The van der Waals surface area contributed by atoms with E-state index in [9.17, 15) is 4.79 Å². The number of fused-ring (bicyclic) bond motifs is 1. The van der Waals surface area contributed by atoms with Gasteiger partial charge in [-0.05, 0) is 38.1 Å². The molecule has 2 N–H and O–H groups in total. The first-order valence-electron chi connectivity index (χ1n) is 7.94. The van der Waals surface area contributed by atoms with E-state index in [2.05, 4.69) is 27.4 Å². The number of hydrogen-bond acceptors (Lipinski definition) is 4. The number of anilines is 1. The first kappa shape index (κ1) is 15.5. The van der Waals surface area contributed by atoms with Crippen LogP contribution in [0.4, 0.5) is 10.5 Å². The van der Waals surface area contributed by atoms with Crippen molar-refractivity contribution in [2.45, 2.75) is 19.3 Å². The fourth-order valence-corrected chi connectivity index (χ4v) is 2.62. The van der Waals surface area contributed by atoms with Gasteiger partial charge < -0.3 is 20.1 Å². The molecule has 1 fully saturated rings. The Morgan fingerprint density at radius 2 is 1.96 bits per heavy atom. The van der Waals surface area contributed by atoms with Crippen LogP contribution in [0.2, 0.25) is 0 Å². The molecule has 2 aliphatic rings. The third-order valence-electron chi connectivity index (χ3n) is 3.84. The van der Waals surface area contributed by atoms with Gasteiger partial charge in [0.05, 0.1) is 13.1 Å². The molecule has 0 atom stereocenters. The maximum Gasteiger partial charge on any atom is 0.319 e. The molecule has 2 amide bonds. The largest absolute Gasteiger partial charge is 0.454 e. The van der Waals surface area contributed by atoms with Gasteiger partial charge >= 0.3 is 6.03 Å². The Balaban J connectivity index is 1.38. The average Bonchev–Trinajstić information content (AvgIpc) is 3.03. The summed E-state index contributed by atoms with van der Waals surface area (Å²) in [6, 6.07) is 5.01. The molecule has 0 saturated carbocycles. The number of nitrogens with one attached hydrogen (secondary N) is 2. The van der Waals surface area contributed by atoms with Crippen LogP contribution in [0.15, 0.2) is 18.2 Å². The topological polar surface area (TPSA) is 62.8 Å². The minimum atomic E-state index is -0.281. The molecular weight excluding hydrogens is 294 g/mol. The van der Waals surface area contributed by atoms with Gasteiger partial charge in [0.1, 0.15) is 0 Å². The number of amides is 2. The van der Waals surface area contributed by atoms with Gasteiger partial charge in [0.25, 0.3) is 0 Å². The van der Waals surface area contributed by atoms with Crippen molar-refractivity contribution in [2.75, 3.05) is 38.3 Å². The van der Waals surface area contributed by atoms with Crippen LogP contribution in [0.3, 0.4) is 0 Å². The molecule has 3 rings (SSSR count). The van der Waals surface area contributed by atoms with Crippen molar-refractivity contribution in [1.82, 2.24) is 10.2 Å². The van der Waals surface area contributed by atoms with E-state index >= 15 is 0 Å². The number of urea groups is 1. The molecular formula is C17H21N3O3. The Labute approximate surface area is 136 Å². The molecule has 1 aromatic carbocycles. The second-order valence-corrected chi connectivity index (χ2v) is 5.57. The lowest BCUT2D eigenvalue weighted by atomic mass is 10.1. The summed E-state index contributed by atoms with van der Waals surface area (Å²) in [7, 11) is 0. The van der Waals surface area contributed by atoms with Crippen molar-refractivity contribution in [3.8, 4) is 23.3 Å². The maximum absolute atomic E-state index is 11.8. The zero-order valence-corrected chi connectivity index (χ0v) is 13.1. The Bertz CT molecular complexity index is 615. The summed E-state index contributed by atoms with van der Waals surface area (Å²) in [4.78, 5) is 14.2. The fourth-order valence-electron chi connectivity index (χ4n) is 2.62. The highest BCUT2D eigenvalue weighted by Gasteiger charge is 2.13. The standard InChI is InChI=1S/C17H21N3O3/c21-17(18-8-2-5-11-20-9-3-1-4-10-20)19-14-6-7-15-16(12-14)23-13-22-15/h6-7,12H,1,3-4,8-11,13H2,(H2,18,19,21). The number of piperidine rings is 1. The number of rotatable bonds is 3. The molecule has 0 bridgehead atoms. The minimum Gasteiger partial charge on any atom is -0.454 e. The van der Waals surface area contributed by atoms with Gasteiger partial charge in [0.2, 0.25) is 6.79 Å². The van der Waals surface area contributed by atoms with E-state index in [4.69, 9.17) is 9.47 Å². The van der Waals surface area contributed by atoms with E-state index in [1.807, 2.05) is 0 Å². The average molecular weight is 315 g/mol. The molecule has 6 nitrogen and oxygen atoms in total. The Hall–Kier alpha value is -2.39. The summed E-state index contributed by atoms with van der Waals surface area (Å²) in [5.41, 5.74) is 0.660. The third-order valence-corrected chi connectivity index (χ3v) is 3.84. The van der Waals surface area contributed by atoms with Crippen LogP contribution in [0.1, 0.15) is 19.3 Å². The summed E-state index contributed by atoms with van der Waals surface area (Å²) in [6.45, 7) is 3.60. The number of carbonyl (C=O) groups is 1. The van der Waals surface area contributed by atoms with Crippen molar-refractivity contribution in [2.24, 2.45) is 0 Å². The first-order valence-corrected chi connectivity index (χ1v) is 7.94. The van der Waals surface area contributed by atoms with Gasteiger partial charge in [0, 0.05) is 11.8 Å². The number of ether oxygens (including phenoxy) is 2. The monoisotopic (exact) mass is 315 g/mol. The molecule has 2 heterocycles. The molecule has 0 radical (unpaired) electrons. The summed E-state index contributed by atoms with van der Waals surface area (Å²) >= 11 is 0. The van der Waals surface area contributed by atoms with E-state index in [0.29, 0.717) is 23.7 Å². The van der Waals surface area contributed by atoms with Crippen LogP contribution in [-0.4, -0.2) is 43.9 Å². The van der Waals surface area contributed by atoms with Crippen LogP contribution in [0.25, 0.3) is 0 Å². The normalized spacial score (nSPS) is 16.3. The van der Waals surface area contributed by atoms with Crippen LogP contribution in [0.5, 0.6) is 11.5 Å². The quantitative estimate of drug-likeness (QED) is 0.838. The number of carbonyl (C=O) groups excluding carboxylic acids is 1. The Morgan fingerprint density at radius 1 is 1.13 bits per heavy atom. The second-order valence-electron chi connectivity index (χ2n) is 5.57. The van der Waals surface area contributed by atoms with Crippen LogP contribution >= 0.6 is 0 Å². The van der Waals surface area contributed by atoms with Crippen LogP contribution < -0.4 is 20.1 Å². The number of likely N-dealkylation sites (tertiary alicyclic amines) is 1. The first-order chi connectivity index (χ1) is 11.3. The molecule has 6 heteroatoms. The summed E-state index contributed by atoms with van der Waals surface area (Å²) in [5.74, 6) is 7.42. The molecule has 0 aromatic heterocycles. The highest BCUT2D eigenvalue weighted by Crippen LogP contribution is 2.34. The summed E-state index contributed by atoms with van der Waals surface area (Å²) in [6.07, 6.45) is 3.85. The van der Waals surface area contributed by atoms with Crippen molar-refractivity contribution >= 4 is 11.7 Å². The van der Waals surface area contributed by atoms with Crippen LogP contribution in [0, 0.1) is 11.8 Å². The second kappa shape index (κ2) is 7.75. The van der Waals surface area contributed by atoms with E-state index < -0.39 is 0 Å². The summed E-state index contributed by atoms with van der Waals surface area (Å²) in [5, 5.41) is 5.47. The van der Waals surface area contributed by atoms with Gasteiger partial charge in [-0.1, -0.05) is 18.3 Å². The zero-order chi connectivity index (χ0) is 15.9. The SMILES string of the molecule is O=C(NCC#CCN1CCCCC1)Nc1ccc2c(c1)OCO2. The molecule has 0 spiro atoms. The zero-order valence-electron chi connectivity index (χ0n) is 13.1. The molecule has 122 valence electrons. The van der Waals surface area contributed by atoms with Gasteiger partial charge in [-0.3, -0.25) is 4.90 Å². The predicted octanol–water partition coefficient (Wildman–Crippen LogP) is 2.03. The van der Waals surface area contributed by atoms with Crippen molar-refractivity contribution in [3.63, 3.8) is 0 Å². The Kier molecular flexibility index (Phi) is 5.22. The molecule has 1 aromatic rings. The third kappa shape index (κ3) is 4.54. The Morgan fingerprint density at radius 3 is 2.83 bits per heavy atom. The number of nitrogens with zero attached hydrogens (tertiary/aromatic N) is 1. The lowest BCUT2D eigenvalue weighted by molar-refractivity contribution is 0.174. The maximum atomic E-state index is 11.8. The predicted molar refractivity (Wildman–Crippen MR) is 87.7 cm³/mol. The van der Waals surface area contributed by atoms with Crippen molar-refractivity contribution in [1.29, 1.82) is 0 Å². The van der Waals surface area contributed by atoms with Crippen molar-refractivity contribution < 1.29 is 14.3 Å². The fraction of sp³-hybridized carbons (Fsp3) is 0.471. The smallest absolute Gasteiger partial charge is 0.319 e. The molecule has 1 saturated heterocycles. The number of hydrogen-bond donors (Lipinski definition) is 2. The highest BCUT2D eigenvalue weighted by atomic mass is 16.7. The van der Waals surface area contributed by atoms with Gasteiger partial charge in [-0.25, -0.2) is 4.79 Å². The molecule has 0 unspecified atom stereocenters. The molecule has 23 heavy (non-hydrogen) atoms. The van der Waals surface area contributed by atoms with Crippen molar-refractivity contribution in [3.05, 3.63) is 18.2 Å². The van der Waals surface area contributed by atoms with E-state index in [1.165, 1.54) is 19.3 Å². The van der Waals surface area contributed by atoms with Crippen LogP contribution in [-0.2, 0) is 0 Å². The van der Waals surface area contributed by atoms with Gasteiger partial charge in [-0.15, -0.1) is 0 Å². The highest BCUT2D eigenvalue weighted by molar-refractivity contribution is 5.89. The van der Waals surface area contributed by atoms with Gasteiger partial charge in [-0.2, -0.15) is 0 Å². The summed E-state index contributed by atoms with van der Waals surface area (Å²) < 4.78 is 10.5. The van der Waals surface area contributed by atoms with E-state index in [-0.39, 0.29) is 12.8 Å². The molecule has 2 aliphatic heterocycles. The number of benzene rings is 1. The minimum absolute atomic E-state index is 0.220. The van der Waals surface area contributed by atoms with Gasteiger partial charge in [0.15, 0.2) is 11.5 Å². The lowest BCUT2D eigenvalue weighted by Crippen LogP contribution is -2.30. The van der Waals surface area contributed by atoms with E-state index in [1.54, 1.807) is 18.2 Å².